The van der Waals surface area contributed by atoms with Gasteiger partial charge in [-0.15, -0.1) is 0 Å². The predicted octanol–water partition coefficient (Wildman–Crippen LogP) is 1.60. The van der Waals surface area contributed by atoms with Crippen molar-refractivity contribution in [1.82, 2.24) is 4.98 Å². The van der Waals surface area contributed by atoms with Crippen molar-refractivity contribution in [2.75, 3.05) is 11.9 Å². The highest BCUT2D eigenvalue weighted by Gasteiger charge is 2.26. The number of amides is 1. The molecule has 0 radical (unpaired) electrons. The average Bonchev–Trinajstić information content (AvgIpc) is 3.14. The second-order valence-electron chi connectivity index (χ2n) is 6.24. The largest absolute Gasteiger partial charge is 0.365 e. The molecule has 0 bridgehead atoms. The van der Waals surface area contributed by atoms with E-state index < -0.39 is 5.91 Å². The number of hydrogen-bond donors (Lipinski definition) is 3. The second kappa shape index (κ2) is 6.02. The van der Waals surface area contributed by atoms with Crippen LogP contribution in [0.3, 0.4) is 0 Å². The summed E-state index contributed by atoms with van der Waals surface area (Å²) >= 11 is 0. The van der Waals surface area contributed by atoms with Crippen LogP contribution in [0.25, 0.3) is 0 Å². The molecular weight excluding hydrogens is 264 g/mol. The molecule has 1 amide bonds. The fourth-order valence-corrected chi connectivity index (χ4v) is 3.67. The van der Waals surface area contributed by atoms with Crippen molar-refractivity contribution in [1.29, 1.82) is 0 Å². The summed E-state index contributed by atoms with van der Waals surface area (Å²) in [6.45, 7) is 0.557. The minimum Gasteiger partial charge on any atom is -0.365 e. The van der Waals surface area contributed by atoms with E-state index in [0.29, 0.717) is 23.8 Å². The smallest absolute Gasteiger partial charge is 0.252 e. The minimum atomic E-state index is -0.415. The summed E-state index contributed by atoms with van der Waals surface area (Å²) in [6, 6.07) is 2.10. The van der Waals surface area contributed by atoms with E-state index in [9.17, 15) is 4.79 Å². The molecule has 1 aromatic rings. The third-order valence-corrected chi connectivity index (χ3v) is 4.86. The number of anilines is 1. The van der Waals surface area contributed by atoms with Gasteiger partial charge in [0.2, 0.25) is 0 Å². The number of nitrogens with two attached hydrogens (primary N) is 2. The van der Waals surface area contributed by atoms with Gasteiger partial charge in [0, 0.05) is 18.3 Å². The Kier molecular flexibility index (Phi) is 4.10. The molecule has 1 heterocycles. The number of hydrogen-bond acceptors (Lipinski definition) is 4. The van der Waals surface area contributed by atoms with Crippen LogP contribution in [0.5, 0.6) is 0 Å². The molecule has 1 aromatic heterocycles. The number of fused-ring (bicyclic) bond motifs is 1. The summed E-state index contributed by atoms with van der Waals surface area (Å²) in [6.07, 6.45) is 8.02. The zero-order valence-corrected chi connectivity index (χ0v) is 12.4. The van der Waals surface area contributed by atoms with E-state index in [-0.39, 0.29) is 6.04 Å². The van der Waals surface area contributed by atoms with Gasteiger partial charge in [-0.2, -0.15) is 0 Å². The van der Waals surface area contributed by atoms with E-state index in [1.165, 1.54) is 31.2 Å². The molecule has 5 heteroatoms. The lowest BCUT2D eigenvalue weighted by Gasteiger charge is -2.25. The lowest BCUT2D eigenvalue weighted by atomic mass is 9.98. The number of carbonyl (C=O) groups is 1. The number of rotatable bonds is 5. The molecule has 1 fully saturated rings. The third kappa shape index (κ3) is 2.88. The van der Waals surface area contributed by atoms with E-state index in [4.69, 9.17) is 11.5 Å². The van der Waals surface area contributed by atoms with E-state index in [2.05, 4.69) is 10.3 Å². The number of aryl methyl sites for hydroxylation is 2. The zero-order chi connectivity index (χ0) is 14.8. The van der Waals surface area contributed by atoms with Gasteiger partial charge in [0.1, 0.15) is 5.82 Å². The molecule has 2 aliphatic rings. The standard InChI is InChI=1S/C16H24N4O/c17-9-14(10-4-1-2-5-10)20-16-12(15(18)21)8-11-6-3-7-13(11)19-16/h8,10,14H,1-7,9,17H2,(H2,18,21)(H,19,20). The van der Waals surface area contributed by atoms with Gasteiger partial charge >= 0.3 is 0 Å². The Bertz CT molecular complexity index is 537. The molecule has 1 unspecified atom stereocenters. The predicted molar refractivity (Wildman–Crippen MR) is 83.2 cm³/mol. The van der Waals surface area contributed by atoms with Gasteiger partial charge in [-0.3, -0.25) is 4.79 Å². The quantitative estimate of drug-likeness (QED) is 0.767. The van der Waals surface area contributed by atoms with Gasteiger partial charge in [-0.1, -0.05) is 12.8 Å². The van der Waals surface area contributed by atoms with Crippen LogP contribution in [-0.2, 0) is 12.8 Å². The fourth-order valence-electron chi connectivity index (χ4n) is 3.67. The molecule has 0 aliphatic heterocycles. The zero-order valence-electron chi connectivity index (χ0n) is 12.4. The number of aromatic nitrogens is 1. The van der Waals surface area contributed by atoms with Gasteiger partial charge in [0.15, 0.2) is 0 Å². The summed E-state index contributed by atoms with van der Waals surface area (Å²) in [7, 11) is 0. The molecule has 2 aliphatic carbocycles. The van der Waals surface area contributed by atoms with Crippen molar-refractivity contribution >= 4 is 11.7 Å². The lowest BCUT2D eigenvalue weighted by molar-refractivity contribution is 0.100. The molecule has 5 nitrogen and oxygen atoms in total. The second-order valence-corrected chi connectivity index (χ2v) is 6.24. The van der Waals surface area contributed by atoms with Crippen LogP contribution < -0.4 is 16.8 Å². The highest BCUT2D eigenvalue weighted by atomic mass is 16.1. The van der Waals surface area contributed by atoms with Crippen LogP contribution in [0.15, 0.2) is 6.07 Å². The molecule has 1 saturated carbocycles. The summed E-state index contributed by atoms with van der Waals surface area (Å²) in [5.74, 6) is 0.790. The third-order valence-electron chi connectivity index (χ3n) is 4.86. The molecule has 0 saturated heterocycles. The Morgan fingerprint density at radius 3 is 2.76 bits per heavy atom. The first-order valence-corrected chi connectivity index (χ1v) is 7.98. The Balaban J connectivity index is 1.87. The van der Waals surface area contributed by atoms with E-state index >= 15 is 0 Å². The topological polar surface area (TPSA) is 94.0 Å². The minimum absolute atomic E-state index is 0.178. The highest BCUT2D eigenvalue weighted by Crippen LogP contribution is 2.31. The number of pyridine rings is 1. The highest BCUT2D eigenvalue weighted by molar-refractivity contribution is 5.97. The van der Waals surface area contributed by atoms with Crippen molar-refractivity contribution in [2.45, 2.75) is 51.0 Å². The van der Waals surface area contributed by atoms with Crippen molar-refractivity contribution in [3.05, 3.63) is 22.9 Å². The Morgan fingerprint density at radius 1 is 1.33 bits per heavy atom. The van der Waals surface area contributed by atoms with Crippen LogP contribution in [0.1, 0.15) is 53.7 Å². The molecule has 114 valence electrons. The molecule has 21 heavy (non-hydrogen) atoms. The van der Waals surface area contributed by atoms with Crippen LogP contribution in [0.4, 0.5) is 5.82 Å². The van der Waals surface area contributed by atoms with Crippen LogP contribution in [-0.4, -0.2) is 23.5 Å². The van der Waals surface area contributed by atoms with Crippen LogP contribution in [0, 0.1) is 5.92 Å². The van der Waals surface area contributed by atoms with Crippen LogP contribution in [0.2, 0.25) is 0 Å². The van der Waals surface area contributed by atoms with Gasteiger partial charge < -0.3 is 16.8 Å². The van der Waals surface area contributed by atoms with E-state index in [1.807, 2.05) is 6.07 Å². The summed E-state index contributed by atoms with van der Waals surface area (Å²) in [5.41, 5.74) is 14.2. The number of nitrogens with one attached hydrogen (secondary N) is 1. The van der Waals surface area contributed by atoms with E-state index in [0.717, 1.165) is 25.0 Å². The molecule has 3 rings (SSSR count). The molecule has 0 spiro atoms. The molecule has 5 N–H and O–H groups in total. The fraction of sp³-hybridized carbons (Fsp3) is 0.625. The van der Waals surface area contributed by atoms with Crippen molar-refractivity contribution in [3.8, 4) is 0 Å². The number of carbonyl (C=O) groups excluding carboxylic acids is 1. The summed E-state index contributed by atoms with van der Waals surface area (Å²) in [4.78, 5) is 16.4. The monoisotopic (exact) mass is 288 g/mol. The summed E-state index contributed by atoms with van der Waals surface area (Å²) in [5, 5.41) is 3.41. The number of primary amides is 1. The first kappa shape index (κ1) is 14.3. The maximum absolute atomic E-state index is 11.7. The van der Waals surface area contributed by atoms with Crippen molar-refractivity contribution < 1.29 is 4.79 Å². The maximum atomic E-state index is 11.7. The molecular formula is C16H24N4O. The normalized spacial score (nSPS) is 19.5. The molecule has 1 atom stereocenters. The Labute approximate surface area is 125 Å². The average molecular weight is 288 g/mol. The van der Waals surface area contributed by atoms with Gasteiger partial charge in [-0.05, 0) is 49.7 Å². The van der Waals surface area contributed by atoms with Gasteiger partial charge in [0.05, 0.1) is 5.56 Å². The van der Waals surface area contributed by atoms with Crippen LogP contribution >= 0.6 is 0 Å². The SMILES string of the molecule is NCC(Nc1nc2c(cc1C(N)=O)CCC2)C1CCCC1. The Morgan fingerprint density at radius 2 is 2.10 bits per heavy atom. The lowest BCUT2D eigenvalue weighted by Crippen LogP contribution is -2.36. The number of nitrogens with zero attached hydrogens (tertiary/aromatic N) is 1. The first-order valence-electron chi connectivity index (χ1n) is 7.98. The van der Waals surface area contributed by atoms with Gasteiger partial charge in [0.25, 0.3) is 5.91 Å². The maximum Gasteiger partial charge on any atom is 0.252 e. The van der Waals surface area contributed by atoms with Crippen molar-refractivity contribution in [2.24, 2.45) is 17.4 Å². The van der Waals surface area contributed by atoms with E-state index in [1.54, 1.807) is 0 Å². The summed E-state index contributed by atoms with van der Waals surface area (Å²) < 4.78 is 0. The first-order chi connectivity index (χ1) is 10.2. The Hall–Kier alpha value is -1.62. The van der Waals surface area contributed by atoms with Gasteiger partial charge in [-0.25, -0.2) is 4.98 Å². The van der Waals surface area contributed by atoms with Crippen molar-refractivity contribution in [3.63, 3.8) is 0 Å². The molecule has 0 aromatic carbocycles.